The Kier molecular flexibility index (Phi) is 4.21. The lowest BCUT2D eigenvalue weighted by molar-refractivity contribution is 1.16. The van der Waals surface area contributed by atoms with Crippen LogP contribution in [0, 0.1) is 0 Å². The molecule has 0 radical (unpaired) electrons. The maximum atomic E-state index is 4.63. The predicted octanol–water partition coefficient (Wildman–Crippen LogP) is 5.30. The second-order valence-electron chi connectivity index (χ2n) is 5.45. The van der Waals surface area contributed by atoms with Crippen LogP contribution in [0.4, 0.5) is 17.1 Å². The average molecular weight is 331 g/mol. The monoisotopic (exact) mass is 331 g/mol. The molecule has 0 aliphatic carbocycles. The minimum Gasteiger partial charge on any atom is -0.331 e. The van der Waals surface area contributed by atoms with Crippen LogP contribution in [0.5, 0.6) is 0 Å². The van der Waals surface area contributed by atoms with Gasteiger partial charge in [-0.15, -0.1) is 0 Å². The molecular formula is C20H17N3S. The van der Waals surface area contributed by atoms with Gasteiger partial charge in [0.1, 0.15) is 5.04 Å². The second-order valence-corrected chi connectivity index (χ2v) is 6.38. The Morgan fingerprint density at radius 2 is 1.46 bits per heavy atom. The maximum Gasteiger partial charge on any atom is 0.127 e. The SMILES string of the molecule is c1ccc(N/N=C2/SCN(c3ccccc3)c3ccccc32)cc1. The van der Waals surface area contributed by atoms with Crippen LogP contribution < -0.4 is 10.3 Å². The molecule has 1 heterocycles. The van der Waals surface area contributed by atoms with E-state index in [9.17, 15) is 0 Å². The highest BCUT2D eigenvalue weighted by molar-refractivity contribution is 8.14. The fourth-order valence-corrected chi connectivity index (χ4v) is 3.68. The van der Waals surface area contributed by atoms with Crippen molar-refractivity contribution in [3.8, 4) is 0 Å². The standard InChI is InChI=1S/C20H17N3S/c1-3-9-16(10-4-1)21-22-20-18-13-7-8-14-19(18)23(15-24-20)17-11-5-2-6-12-17/h1-14,21H,15H2/b22-20+. The first kappa shape index (κ1) is 14.8. The van der Waals surface area contributed by atoms with E-state index in [0.29, 0.717) is 0 Å². The van der Waals surface area contributed by atoms with E-state index in [-0.39, 0.29) is 0 Å². The Hall–Kier alpha value is -2.72. The Labute approximate surface area is 146 Å². The number of rotatable bonds is 3. The van der Waals surface area contributed by atoms with E-state index < -0.39 is 0 Å². The van der Waals surface area contributed by atoms with Crippen molar-refractivity contribution < 1.29 is 0 Å². The van der Waals surface area contributed by atoms with Gasteiger partial charge in [-0.1, -0.05) is 66.4 Å². The van der Waals surface area contributed by atoms with Gasteiger partial charge in [0, 0.05) is 11.3 Å². The Morgan fingerprint density at radius 1 is 0.792 bits per heavy atom. The smallest absolute Gasteiger partial charge is 0.127 e. The molecule has 0 saturated heterocycles. The van der Waals surface area contributed by atoms with Gasteiger partial charge in [0.05, 0.1) is 17.3 Å². The first-order valence-corrected chi connectivity index (χ1v) is 8.84. The summed E-state index contributed by atoms with van der Waals surface area (Å²) in [5, 5.41) is 5.64. The molecule has 1 N–H and O–H groups in total. The summed E-state index contributed by atoms with van der Waals surface area (Å²) in [6.45, 7) is 0. The molecule has 0 atom stereocenters. The van der Waals surface area contributed by atoms with Crippen LogP contribution in [-0.2, 0) is 0 Å². The Morgan fingerprint density at radius 3 is 2.25 bits per heavy atom. The number of nitrogens with one attached hydrogen (secondary N) is 1. The van der Waals surface area contributed by atoms with E-state index >= 15 is 0 Å². The molecule has 0 saturated carbocycles. The summed E-state index contributed by atoms with van der Waals surface area (Å²) >= 11 is 1.74. The van der Waals surface area contributed by atoms with Crippen molar-refractivity contribution in [3.05, 3.63) is 90.5 Å². The molecule has 4 heteroatoms. The van der Waals surface area contributed by atoms with Crippen molar-refractivity contribution in [2.24, 2.45) is 5.10 Å². The lowest BCUT2D eigenvalue weighted by atomic mass is 10.1. The third-order valence-electron chi connectivity index (χ3n) is 3.88. The number of hydrogen-bond donors (Lipinski definition) is 1. The summed E-state index contributed by atoms with van der Waals surface area (Å²) in [7, 11) is 0. The van der Waals surface area contributed by atoms with Crippen LogP contribution in [0.2, 0.25) is 0 Å². The number of benzene rings is 3. The topological polar surface area (TPSA) is 27.6 Å². The highest BCUT2D eigenvalue weighted by atomic mass is 32.2. The minimum atomic E-state index is 0.844. The van der Waals surface area contributed by atoms with Crippen molar-refractivity contribution >= 4 is 33.9 Å². The van der Waals surface area contributed by atoms with Gasteiger partial charge < -0.3 is 4.90 Å². The van der Waals surface area contributed by atoms with Gasteiger partial charge in [0.15, 0.2) is 0 Å². The van der Waals surface area contributed by atoms with E-state index in [1.807, 2.05) is 36.4 Å². The molecule has 3 nitrogen and oxygen atoms in total. The van der Waals surface area contributed by atoms with Crippen LogP contribution in [-0.4, -0.2) is 10.9 Å². The van der Waals surface area contributed by atoms with E-state index in [1.54, 1.807) is 11.8 Å². The largest absolute Gasteiger partial charge is 0.331 e. The molecule has 24 heavy (non-hydrogen) atoms. The Balaban J connectivity index is 1.67. The third-order valence-corrected chi connectivity index (χ3v) is 4.86. The van der Waals surface area contributed by atoms with Crippen molar-refractivity contribution in [1.29, 1.82) is 0 Å². The van der Waals surface area contributed by atoms with Gasteiger partial charge >= 0.3 is 0 Å². The van der Waals surface area contributed by atoms with Crippen LogP contribution in [0.1, 0.15) is 5.56 Å². The summed E-state index contributed by atoms with van der Waals surface area (Å²) in [5.41, 5.74) is 7.70. The third kappa shape index (κ3) is 3.01. The molecule has 0 fully saturated rings. The van der Waals surface area contributed by atoms with E-state index in [1.165, 1.54) is 11.4 Å². The second kappa shape index (κ2) is 6.81. The number of anilines is 3. The van der Waals surface area contributed by atoms with Crippen molar-refractivity contribution in [2.75, 3.05) is 16.2 Å². The van der Waals surface area contributed by atoms with Gasteiger partial charge in [-0.3, -0.25) is 5.43 Å². The molecule has 118 valence electrons. The number of thioether (sulfide) groups is 1. The molecule has 0 bridgehead atoms. The molecule has 0 amide bonds. The predicted molar refractivity (Wildman–Crippen MR) is 104 cm³/mol. The van der Waals surface area contributed by atoms with Gasteiger partial charge in [0.25, 0.3) is 0 Å². The van der Waals surface area contributed by atoms with Crippen LogP contribution in [0.15, 0.2) is 90.0 Å². The summed E-state index contributed by atoms with van der Waals surface area (Å²) < 4.78 is 0. The zero-order valence-electron chi connectivity index (χ0n) is 13.1. The van der Waals surface area contributed by atoms with Gasteiger partial charge in [-0.2, -0.15) is 5.10 Å². The molecule has 0 aromatic heterocycles. The Bertz CT molecular complexity index is 847. The lowest BCUT2D eigenvalue weighted by Crippen LogP contribution is -2.24. The highest BCUT2D eigenvalue weighted by Gasteiger charge is 2.23. The van der Waals surface area contributed by atoms with Crippen LogP contribution >= 0.6 is 11.8 Å². The lowest BCUT2D eigenvalue weighted by Gasteiger charge is -2.31. The maximum absolute atomic E-state index is 4.63. The normalized spacial score (nSPS) is 15.2. The quantitative estimate of drug-likeness (QED) is 0.660. The van der Waals surface area contributed by atoms with Crippen molar-refractivity contribution in [2.45, 2.75) is 0 Å². The zero-order chi connectivity index (χ0) is 16.2. The summed E-state index contributed by atoms with van der Waals surface area (Å²) in [6, 6.07) is 28.9. The molecule has 3 aromatic rings. The summed E-state index contributed by atoms with van der Waals surface area (Å²) in [6.07, 6.45) is 0. The van der Waals surface area contributed by atoms with Gasteiger partial charge in [0.2, 0.25) is 0 Å². The molecular weight excluding hydrogens is 314 g/mol. The van der Waals surface area contributed by atoms with Crippen LogP contribution in [0.3, 0.4) is 0 Å². The summed E-state index contributed by atoms with van der Waals surface area (Å²) in [4.78, 5) is 2.32. The summed E-state index contributed by atoms with van der Waals surface area (Å²) in [5.74, 6) is 0.844. The first-order chi connectivity index (χ1) is 11.9. The molecule has 3 aromatic carbocycles. The first-order valence-electron chi connectivity index (χ1n) is 7.85. The van der Waals surface area contributed by atoms with E-state index in [2.05, 4.69) is 64.0 Å². The van der Waals surface area contributed by atoms with E-state index in [0.717, 1.165) is 22.2 Å². The molecule has 1 aliphatic rings. The average Bonchev–Trinajstić information content (AvgIpc) is 2.67. The number of nitrogens with zero attached hydrogens (tertiary/aromatic N) is 2. The van der Waals surface area contributed by atoms with Crippen LogP contribution in [0.25, 0.3) is 0 Å². The fourth-order valence-electron chi connectivity index (χ4n) is 2.70. The highest BCUT2D eigenvalue weighted by Crippen LogP contribution is 2.37. The zero-order valence-corrected chi connectivity index (χ0v) is 13.9. The van der Waals surface area contributed by atoms with E-state index in [4.69, 9.17) is 0 Å². The van der Waals surface area contributed by atoms with Gasteiger partial charge in [-0.05, 0) is 30.3 Å². The fraction of sp³-hybridized carbons (Fsp3) is 0.0500. The number of hydrogen-bond acceptors (Lipinski definition) is 4. The molecule has 0 unspecified atom stereocenters. The van der Waals surface area contributed by atoms with Crippen molar-refractivity contribution in [3.63, 3.8) is 0 Å². The number of hydrazone groups is 1. The van der Waals surface area contributed by atoms with Crippen molar-refractivity contribution in [1.82, 2.24) is 0 Å². The number of fused-ring (bicyclic) bond motifs is 1. The molecule has 0 spiro atoms. The molecule has 1 aliphatic heterocycles. The molecule has 4 rings (SSSR count). The number of para-hydroxylation sites is 3. The minimum absolute atomic E-state index is 0.844. The van der Waals surface area contributed by atoms with Gasteiger partial charge in [-0.25, -0.2) is 0 Å².